The summed E-state index contributed by atoms with van der Waals surface area (Å²) < 4.78 is 31.1. The standard InChI is InChI=1S/C12H15NO5S/c1-3-7-13-19(16,17)9-5-6-11(18-4-2)10(8-9)12(14)15/h3,5-6,8,13H,1,4,7H2,2H3,(H,14,15). The Morgan fingerprint density at radius 1 is 1.53 bits per heavy atom. The maximum absolute atomic E-state index is 11.8. The summed E-state index contributed by atoms with van der Waals surface area (Å²) in [6, 6.07) is 3.69. The Hall–Kier alpha value is -1.86. The van der Waals surface area contributed by atoms with Crippen LogP contribution in [-0.4, -0.2) is 32.6 Å². The molecule has 0 spiro atoms. The third kappa shape index (κ3) is 3.80. The van der Waals surface area contributed by atoms with Crippen molar-refractivity contribution in [2.45, 2.75) is 11.8 Å². The molecule has 0 heterocycles. The van der Waals surface area contributed by atoms with Crippen molar-refractivity contribution in [3.63, 3.8) is 0 Å². The molecule has 0 aromatic heterocycles. The first kappa shape index (κ1) is 15.2. The SMILES string of the molecule is C=CCNS(=O)(=O)c1ccc(OCC)c(C(=O)O)c1. The zero-order valence-corrected chi connectivity index (χ0v) is 11.2. The smallest absolute Gasteiger partial charge is 0.339 e. The summed E-state index contributed by atoms with van der Waals surface area (Å²) in [4.78, 5) is 10.9. The minimum Gasteiger partial charge on any atom is -0.493 e. The predicted octanol–water partition coefficient (Wildman–Crippen LogP) is 1.25. The summed E-state index contributed by atoms with van der Waals surface area (Å²) in [5.74, 6) is -1.11. The van der Waals surface area contributed by atoms with Gasteiger partial charge in [-0.25, -0.2) is 17.9 Å². The van der Waals surface area contributed by atoms with Gasteiger partial charge in [0.05, 0.1) is 11.5 Å². The van der Waals surface area contributed by atoms with Crippen LogP contribution in [0.4, 0.5) is 0 Å². The Kier molecular flexibility index (Phi) is 5.08. The topological polar surface area (TPSA) is 92.7 Å². The van der Waals surface area contributed by atoms with Crippen LogP contribution >= 0.6 is 0 Å². The van der Waals surface area contributed by atoms with Gasteiger partial charge in [-0.05, 0) is 25.1 Å². The van der Waals surface area contributed by atoms with E-state index in [1.54, 1.807) is 6.92 Å². The number of hydrogen-bond donors (Lipinski definition) is 2. The molecule has 0 aliphatic rings. The van der Waals surface area contributed by atoms with Gasteiger partial charge in [-0.2, -0.15) is 0 Å². The number of ether oxygens (including phenoxy) is 1. The normalized spacial score (nSPS) is 11.0. The highest BCUT2D eigenvalue weighted by Crippen LogP contribution is 2.22. The fourth-order valence-corrected chi connectivity index (χ4v) is 2.40. The lowest BCUT2D eigenvalue weighted by molar-refractivity contribution is 0.0692. The van der Waals surface area contributed by atoms with E-state index in [0.29, 0.717) is 6.61 Å². The largest absolute Gasteiger partial charge is 0.493 e. The minimum absolute atomic E-state index is 0.0674. The lowest BCUT2D eigenvalue weighted by atomic mass is 10.2. The van der Waals surface area contributed by atoms with Gasteiger partial charge in [0.2, 0.25) is 10.0 Å². The molecular formula is C12H15NO5S. The van der Waals surface area contributed by atoms with E-state index in [1.165, 1.54) is 18.2 Å². The molecule has 0 aliphatic heterocycles. The first-order valence-corrected chi connectivity index (χ1v) is 7.01. The summed E-state index contributed by atoms with van der Waals surface area (Å²) in [6.07, 6.45) is 1.39. The zero-order valence-electron chi connectivity index (χ0n) is 10.4. The number of benzene rings is 1. The molecule has 0 aliphatic carbocycles. The van der Waals surface area contributed by atoms with E-state index in [-0.39, 0.29) is 22.8 Å². The average Bonchev–Trinajstić information content (AvgIpc) is 2.37. The molecular weight excluding hydrogens is 270 g/mol. The number of sulfonamides is 1. The summed E-state index contributed by atoms with van der Waals surface area (Å²) in [6.45, 7) is 5.47. The van der Waals surface area contributed by atoms with Crippen molar-refractivity contribution in [3.8, 4) is 5.75 Å². The number of nitrogens with one attached hydrogen (secondary N) is 1. The molecule has 2 N–H and O–H groups in total. The number of aromatic carboxylic acids is 1. The van der Waals surface area contributed by atoms with Crippen molar-refractivity contribution in [2.75, 3.05) is 13.2 Å². The van der Waals surface area contributed by atoms with Crippen molar-refractivity contribution in [3.05, 3.63) is 36.4 Å². The monoisotopic (exact) mass is 285 g/mol. The number of carboxylic acid groups (broad SMARTS) is 1. The lowest BCUT2D eigenvalue weighted by Crippen LogP contribution is -2.24. The van der Waals surface area contributed by atoms with Gasteiger partial charge in [0.1, 0.15) is 11.3 Å². The van der Waals surface area contributed by atoms with E-state index in [4.69, 9.17) is 9.84 Å². The summed E-state index contributed by atoms with van der Waals surface area (Å²) in [5, 5.41) is 9.05. The van der Waals surface area contributed by atoms with Gasteiger partial charge in [0, 0.05) is 6.54 Å². The molecule has 6 nitrogen and oxygen atoms in total. The molecule has 1 aromatic carbocycles. The highest BCUT2D eigenvalue weighted by atomic mass is 32.2. The number of carbonyl (C=O) groups is 1. The molecule has 1 aromatic rings. The first-order chi connectivity index (χ1) is 8.92. The number of hydrogen-bond acceptors (Lipinski definition) is 4. The van der Waals surface area contributed by atoms with Crippen molar-refractivity contribution in [1.82, 2.24) is 4.72 Å². The third-order valence-corrected chi connectivity index (χ3v) is 3.63. The van der Waals surface area contributed by atoms with E-state index in [9.17, 15) is 13.2 Å². The van der Waals surface area contributed by atoms with Gasteiger partial charge < -0.3 is 9.84 Å². The van der Waals surface area contributed by atoms with Gasteiger partial charge in [-0.15, -0.1) is 6.58 Å². The summed E-state index contributed by atoms with van der Waals surface area (Å²) in [5.41, 5.74) is -0.191. The third-order valence-electron chi connectivity index (χ3n) is 2.21. The Morgan fingerprint density at radius 2 is 2.21 bits per heavy atom. The van der Waals surface area contributed by atoms with Gasteiger partial charge >= 0.3 is 5.97 Å². The average molecular weight is 285 g/mol. The molecule has 0 saturated heterocycles. The van der Waals surface area contributed by atoms with Crippen LogP contribution in [0, 0.1) is 0 Å². The van der Waals surface area contributed by atoms with E-state index >= 15 is 0 Å². The molecule has 1 rings (SSSR count). The van der Waals surface area contributed by atoms with Gasteiger partial charge in [0.15, 0.2) is 0 Å². The Labute approximate surface area is 111 Å². The fraction of sp³-hybridized carbons (Fsp3) is 0.250. The minimum atomic E-state index is -3.75. The summed E-state index contributed by atoms with van der Waals surface area (Å²) in [7, 11) is -3.75. The number of rotatable bonds is 7. The van der Waals surface area contributed by atoms with Crippen molar-refractivity contribution in [2.24, 2.45) is 0 Å². The van der Waals surface area contributed by atoms with E-state index in [1.807, 2.05) is 0 Å². The molecule has 0 radical (unpaired) electrons. The maximum atomic E-state index is 11.8. The summed E-state index contributed by atoms with van der Waals surface area (Å²) >= 11 is 0. The van der Waals surface area contributed by atoms with E-state index < -0.39 is 16.0 Å². The molecule has 0 fully saturated rings. The number of carboxylic acids is 1. The Balaban J connectivity index is 3.21. The zero-order chi connectivity index (χ0) is 14.5. The van der Waals surface area contributed by atoms with Crippen molar-refractivity contribution < 1.29 is 23.1 Å². The molecule has 0 bridgehead atoms. The highest BCUT2D eigenvalue weighted by molar-refractivity contribution is 7.89. The molecule has 0 atom stereocenters. The van der Waals surface area contributed by atoms with Crippen molar-refractivity contribution >= 4 is 16.0 Å². The van der Waals surface area contributed by atoms with E-state index in [2.05, 4.69) is 11.3 Å². The van der Waals surface area contributed by atoms with Crippen molar-refractivity contribution in [1.29, 1.82) is 0 Å². The van der Waals surface area contributed by atoms with Crippen LogP contribution in [0.25, 0.3) is 0 Å². The lowest BCUT2D eigenvalue weighted by Gasteiger charge is -2.10. The van der Waals surface area contributed by atoms with Gasteiger partial charge in [-0.1, -0.05) is 6.08 Å². The van der Waals surface area contributed by atoms with Crippen LogP contribution in [0.2, 0.25) is 0 Å². The van der Waals surface area contributed by atoms with Gasteiger partial charge in [-0.3, -0.25) is 0 Å². The van der Waals surface area contributed by atoms with Crippen LogP contribution in [0.5, 0.6) is 5.75 Å². The molecule has 7 heteroatoms. The van der Waals surface area contributed by atoms with Crippen LogP contribution in [0.3, 0.4) is 0 Å². The fourth-order valence-electron chi connectivity index (χ4n) is 1.38. The molecule has 0 saturated carbocycles. The molecule has 0 unspecified atom stereocenters. The Bertz CT molecular complexity index is 580. The van der Waals surface area contributed by atoms with Crippen LogP contribution in [0.15, 0.2) is 35.7 Å². The first-order valence-electron chi connectivity index (χ1n) is 5.53. The molecule has 19 heavy (non-hydrogen) atoms. The predicted molar refractivity (Wildman–Crippen MR) is 70.0 cm³/mol. The molecule has 104 valence electrons. The second kappa shape index (κ2) is 6.35. The second-order valence-electron chi connectivity index (χ2n) is 3.54. The Morgan fingerprint density at radius 3 is 2.74 bits per heavy atom. The van der Waals surface area contributed by atoms with E-state index in [0.717, 1.165) is 6.07 Å². The van der Waals surface area contributed by atoms with Crippen LogP contribution in [-0.2, 0) is 10.0 Å². The quantitative estimate of drug-likeness (QED) is 0.735. The van der Waals surface area contributed by atoms with Crippen LogP contribution in [0.1, 0.15) is 17.3 Å². The van der Waals surface area contributed by atoms with Gasteiger partial charge in [0.25, 0.3) is 0 Å². The maximum Gasteiger partial charge on any atom is 0.339 e. The van der Waals surface area contributed by atoms with Crippen LogP contribution < -0.4 is 9.46 Å². The highest BCUT2D eigenvalue weighted by Gasteiger charge is 2.18. The second-order valence-corrected chi connectivity index (χ2v) is 5.30. The molecule has 0 amide bonds.